The van der Waals surface area contributed by atoms with Crippen LogP contribution in [0.2, 0.25) is 0 Å². The maximum Gasteiger partial charge on any atom is 0.274 e. The minimum Gasteiger partial charge on any atom is -0.302 e. The monoisotopic (exact) mass is 358 g/mol. The third kappa shape index (κ3) is 3.69. The summed E-state index contributed by atoms with van der Waals surface area (Å²) < 4.78 is 1.38. The number of nitrogens with zero attached hydrogens (tertiary/aromatic N) is 5. The van der Waals surface area contributed by atoms with Crippen LogP contribution < -0.4 is 5.56 Å². The molecule has 7 nitrogen and oxygen atoms in total. The van der Waals surface area contributed by atoms with Crippen molar-refractivity contribution in [3.8, 4) is 0 Å². The van der Waals surface area contributed by atoms with E-state index in [0.717, 1.165) is 25.3 Å². The van der Waals surface area contributed by atoms with E-state index in [1.54, 1.807) is 6.07 Å². The van der Waals surface area contributed by atoms with Crippen molar-refractivity contribution >= 4 is 5.78 Å². The lowest BCUT2D eigenvalue weighted by Gasteiger charge is -2.42. The molecular weight excluding hydrogens is 328 g/mol. The van der Waals surface area contributed by atoms with Gasteiger partial charge in [0.1, 0.15) is 6.33 Å². The van der Waals surface area contributed by atoms with Gasteiger partial charge in [-0.3, -0.25) is 14.8 Å². The van der Waals surface area contributed by atoms with E-state index in [-0.39, 0.29) is 5.56 Å². The number of fused-ring (bicyclic) bond motifs is 1. The highest BCUT2D eigenvalue weighted by Gasteiger charge is 2.41. The molecule has 2 saturated heterocycles. The van der Waals surface area contributed by atoms with Crippen LogP contribution in [0.25, 0.3) is 5.78 Å². The average molecular weight is 358 g/mol. The van der Waals surface area contributed by atoms with Gasteiger partial charge in [-0.2, -0.15) is 4.52 Å². The molecule has 4 heterocycles. The Bertz CT molecular complexity index is 834. The van der Waals surface area contributed by atoms with Crippen molar-refractivity contribution in [3.63, 3.8) is 0 Å². The minimum absolute atomic E-state index is 0.0922. The lowest BCUT2D eigenvalue weighted by atomic mass is 9.78. The van der Waals surface area contributed by atoms with Gasteiger partial charge in [0.15, 0.2) is 0 Å². The molecule has 1 N–H and O–H groups in total. The molecule has 0 saturated carbocycles. The van der Waals surface area contributed by atoms with Gasteiger partial charge in [0.2, 0.25) is 0 Å². The van der Waals surface area contributed by atoms with Gasteiger partial charge in [-0.25, -0.2) is 9.97 Å². The predicted octanol–water partition coefficient (Wildman–Crippen LogP) is 1.75. The summed E-state index contributed by atoms with van der Waals surface area (Å²) in [6.07, 6.45) is 5.36. The molecule has 0 aliphatic carbocycles. The first-order valence-corrected chi connectivity index (χ1v) is 9.69. The van der Waals surface area contributed by atoms with Crippen LogP contribution in [0.4, 0.5) is 0 Å². The molecule has 0 bridgehead atoms. The summed E-state index contributed by atoms with van der Waals surface area (Å²) in [5, 5.41) is 2.79. The van der Waals surface area contributed by atoms with Crippen LogP contribution in [0.1, 0.15) is 45.7 Å². The molecule has 2 aliphatic heterocycles. The van der Waals surface area contributed by atoms with Gasteiger partial charge in [0, 0.05) is 32.2 Å². The standard InChI is InChI=1S/C19H30N6O/c1-18(2,3)11-24-7-4-5-19(13-24)6-8-23(12-19)10-15-9-16(26)25-17(22-15)20-14-21-25/h9,14H,4-8,10-13H2,1-3H3,(H,20,21,22)/t19-/m0/s1. The Hall–Kier alpha value is -1.73. The number of aromatic amines is 1. The largest absolute Gasteiger partial charge is 0.302 e. The first-order chi connectivity index (χ1) is 12.3. The van der Waals surface area contributed by atoms with Gasteiger partial charge >= 0.3 is 0 Å². The number of hydrogen-bond acceptors (Lipinski definition) is 5. The fourth-order valence-corrected chi connectivity index (χ4v) is 4.79. The second kappa shape index (κ2) is 6.46. The van der Waals surface area contributed by atoms with Gasteiger partial charge in [-0.15, -0.1) is 0 Å². The Morgan fingerprint density at radius 1 is 1.19 bits per heavy atom. The summed E-state index contributed by atoms with van der Waals surface area (Å²) in [6.45, 7) is 13.5. The summed E-state index contributed by atoms with van der Waals surface area (Å²) >= 11 is 0. The van der Waals surface area contributed by atoms with Crippen LogP contribution in [0.3, 0.4) is 0 Å². The Balaban J connectivity index is 1.43. The number of rotatable bonds is 3. The summed E-state index contributed by atoms with van der Waals surface area (Å²) in [4.78, 5) is 25.9. The van der Waals surface area contributed by atoms with E-state index in [2.05, 4.69) is 45.6 Å². The van der Waals surface area contributed by atoms with Crippen LogP contribution >= 0.6 is 0 Å². The Morgan fingerprint density at radius 3 is 2.81 bits per heavy atom. The van der Waals surface area contributed by atoms with E-state index >= 15 is 0 Å². The first kappa shape index (κ1) is 17.7. The zero-order chi connectivity index (χ0) is 18.4. The SMILES string of the molecule is CC(C)(C)CN1CCC[C@@]2(CCN(Cc3cc(=O)n4[nH]cnc4n3)C2)C1. The maximum atomic E-state index is 12.1. The second-order valence-corrected chi connectivity index (χ2v) is 9.44. The highest BCUT2D eigenvalue weighted by atomic mass is 16.1. The summed E-state index contributed by atoms with van der Waals surface area (Å²) in [7, 11) is 0. The molecule has 0 radical (unpaired) electrons. The highest BCUT2D eigenvalue weighted by molar-refractivity contribution is 5.26. The Morgan fingerprint density at radius 2 is 2.00 bits per heavy atom. The van der Waals surface area contributed by atoms with Crippen molar-refractivity contribution in [2.24, 2.45) is 10.8 Å². The molecule has 2 fully saturated rings. The van der Waals surface area contributed by atoms with E-state index in [1.165, 1.54) is 49.7 Å². The molecule has 2 aromatic rings. The molecule has 7 heteroatoms. The summed E-state index contributed by atoms with van der Waals surface area (Å²) in [6, 6.07) is 1.63. The smallest absolute Gasteiger partial charge is 0.274 e. The molecule has 1 atom stereocenters. The van der Waals surface area contributed by atoms with Crippen molar-refractivity contribution in [1.29, 1.82) is 0 Å². The van der Waals surface area contributed by atoms with Gasteiger partial charge in [0.05, 0.1) is 5.69 Å². The molecule has 0 aromatic carbocycles. The molecule has 26 heavy (non-hydrogen) atoms. The first-order valence-electron chi connectivity index (χ1n) is 9.69. The predicted molar refractivity (Wildman–Crippen MR) is 101 cm³/mol. The fourth-order valence-electron chi connectivity index (χ4n) is 4.79. The molecule has 0 amide bonds. The summed E-state index contributed by atoms with van der Waals surface area (Å²) in [5.41, 5.74) is 1.49. The zero-order valence-corrected chi connectivity index (χ0v) is 16.2. The molecule has 142 valence electrons. The molecule has 2 aromatic heterocycles. The van der Waals surface area contributed by atoms with Crippen LogP contribution in [-0.4, -0.2) is 62.1 Å². The maximum absolute atomic E-state index is 12.1. The van der Waals surface area contributed by atoms with E-state index in [1.807, 2.05) is 0 Å². The van der Waals surface area contributed by atoms with Gasteiger partial charge in [0.25, 0.3) is 11.3 Å². The van der Waals surface area contributed by atoms with E-state index in [0.29, 0.717) is 16.6 Å². The third-order valence-corrected chi connectivity index (χ3v) is 5.66. The molecule has 0 unspecified atom stereocenters. The Labute approximate surface area is 154 Å². The third-order valence-electron chi connectivity index (χ3n) is 5.66. The average Bonchev–Trinajstić information content (AvgIpc) is 3.14. The van der Waals surface area contributed by atoms with Crippen molar-refractivity contribution in [2.75, 3.05) is 32.7 Å². The second-order valence-electron chi connectivity index (χ2n) is 9.44. The van der Waals surface area contributed by atoms with Crippen LogP contribution in [0, 0.1) is 10.8 Å². The van der Waals surface area contributed by atoms with Crippen molar-refractivity contribution < 1.29 is 0 Å². The van der Waals surface area contributed by atoms with Crippen LogP contribution in [0.5, 0.6) is 0 Å². The van der Waals surface area contributed by atoms with Gasteiger partial charge in [-0.05, 0) is 43.2 Å². The van der Waals surface area contributed by atoms with Crippen molar-refractivity contribution in [3.05, 3.63) is 28.4 Å². The number of nitrogens with one attached hydrogen (secondary N) is 1. The Kier molecular flexibility index (Phi) is 4.39. The normalized spacial score (nSPS) is 25.5. The van der Waals surface area contributed by atoms with Crippen molar-refractivity contribution in [2.45, 2.75) is 46.6 Å². The minimum atomic E-state index is -0.0922. The van der Waals surface area contributed by atoms with E-state index in [9.17, 15) is 4.79 Å². The molecule has 2 aliphatic rings. The van der Waals surface area contributed by atoms with Crippen molar-refractivity contribution in [1.82, 2.24) is 29.4 Å². The number of aromatic nitrogens is 4. The lowest BCUT2D eigenvalue weighted by Crippen LogP contribution is -2.47. The number of H-pyrrole nitrogens is 1. The fraction of sp³-hybridized carbons (Fsp3) is 0.737. The van der Waals surface area contributed by atoms with Crippen LogP contribution in [0.15, 0.2) is 17.2 Å². The van der Waals surface area contributed by atoms with Gasteiger partial charge in [-0.1, -0.05) is 20.8 Å². The topological polar surface area (TPSA) is 69.5 Å². The molecular formula is C19H30N6O. The number of hydrogen-bond donors (Lipinski definition) is 1. The van der Waals surface area contributed by atoms with E-state index < -0.39 is 0 Å². The molecule has 4 rings (SSSR count). The van der Waals surface area contributed by atoms with Crippen LogP contribution in [-0.2, 0) is 6.54 Å². The zero-order valence-electron chi connectivity index (χ0n) is 16.2. The summed E-state index contributed by atoms with van der Waals surface area (Å²) in [5.74, 6) is 0.454. The number of piperidine rings is 1. The number of likely N-dealkylation sites (tertiary alicyclic amines) is 2. The highest BCUT2D eigenvalue weighted by Crippen LogP contribution is 2.40. The molecule has 1 spiro atoms. The lowest BCUT2D eigenvalue weighted by molar-refractivity contribution is 0.0672. The quantitative estimate of drug-likeness (QED) is 0.905. The van der Waals surface area contributed by atoms with Gasteiger partial charge < -0.3 is 4.90 Å². The van der Waals surface area contributed by atoms with E-state index in [4.69, 9.17) is 0 Å².